The lowest BCUT2D eigenvalue weighted by atomic mass is 10.1. The normalized spacial score (nSPS) is 10.9. The molecule has 5 nitrogen and oxygen atoms in total. The fourth-order valence-electron chi connectivity index (χ4n) is 2.75. The van der Waals surface area contributed by atoms with Crippen molar-refractivity contribution >= 4 is 16.9 Å². The SMILES string of the molecule is Cc1cccc(CNC(=O)c2ccc3c(c2)n(C)c(=O)n3C)c1. The van der Waals surface area contributed by atoms with Crippen molar-refractivity contribution in [1.29, 1.82) is 0 Å². The minimum absolute atomic E-state index is 0.0997. The summed E-state index contributed by atoms with van der Waals surface area (Å²) in [7, 11) is 3.43. The highest BCUT2D eigenvalue weighted by atomic mass is 16.2. The summed E-state index contributed by atoms with van der Waals surface area (Å²) >= 11 is 0. The van der Waals surface area contributed by atoms with E-state index < -0.39 is 0 Å². The number of amides is 1. The van der Waals surface area contributed by atoms with Crippen molar-refractivity contribution in [3.8, 4) is 0 Å². The van der Waals surface area contributed by atoms with Gasteiger partial charge in [0, 0.05) is 26.2 Å². The van der Waals surface area contributed by atoms with E-state index in [0.29, 0.717) is 12.1 Å². The van der Waals surface area contributed by atoms with Gasteiger partial charge in [-0.1, -0.05) is 29.8 Å². The van der Waals surface area contributed by atoms with Gasteiger partial charge in [0.2, 0.25) is 0 Å². The van der Waals surface area contributed by atoms with Gasteiger partial charge in [-0.15, -0.1) is 0 Å². The minimum Gasteiger partial charge on any atom is -0.348 e. The summed E-state index contributed by atoms with van der Waals surface area (Å²) in [5.41, 5.74) is 4.24. The lowest BCUT2D eigenvalue weighted by molar-refractivity contribution is 0.0951. The number of hydrogen-bond donors (Lipinski definition) is 1. The summed E-state index contributed by atoms with van der Waals surface area (Å²) in [6, 6.07) is 13.3. The molecule has 0 fully saturated rings. The maximum Gasteiger partial charge on any atom is 0.328 e. The van der Waals surface area contributed by atoms with Crippen LogP contribution in [0.4, 0.5) is 0 Å². The fraction of sp³-hybridized carbons (Fsp3) is 0.222. The molecule has 0 unspecified atom stereocenters. The molecule has 1 amide bonds. The lowest BCUT2D eigenvalue weighted by Crippen LogP contribution is -2.22. The monoisotopic (exact) mass is 309 g/mol. The zero-order valence-electron chi connectivity index (χ0n) is 13.5. The molecular weight excluding hydrogens is 290 g/mol. The molecule has 1 N–H and O–H groups in total. The highest BCUT2D eigenvalue weighted by Crippen LogP contribution is 2.14. The van der Waals surface area contributed by atoms with Gasteiger partial charge in [-0.3, -0.25) is 13.9 Å². The second-order valence-corrected chi connectivity index (χ2v) is 5.78. The number of carbonyl (C=O) groups is 1. The van der Waals surface area contributed by atoms with Crippen LogP contribution in [0.3, 0.4) is 0 Å². The largest absolute Gasteiger partial charge is 0.348 e. The van der Waals surface area contributed by atoms with Gasteiger partial charge in [0.15, 0.2) is 0 Å². The van der Waals surface area contributed by atoms with E-state index in [1.165, 1.54) is 0 Å². The Balaban J connectivity index is 1.84. The van der Waals surface area contributed by atoms with Crippen LogP contribution in [0.15, 0.2) is 47.3 Å². The van der Waals surface area contributed by atoms with Gasteiger partial charge < -0.3 is 5.32 Å². The third-order valence-corrected chi connectivity index (χ3v) is 4.07. The van der Waals surface area contributed by atoms with Gasteiger partial charge in [-0.05, 0) is 30.7 Å². The maximum atomic E-state index is 12.3. The van der Waals surface area contributed by atoms with Crippen molar-refractivity contribution in [2.24, 2.45) is 14.1 Å². The van der Waals surface area contributed by atoms with E-state index in [2.05, 4.69) is 5.32 Å². The van der Waals surface area contributed by atoms with Crippen LogP contribution in [0.5, 0.6) is 0 Å². The van der Waals surface area contributed by atoms with Gasteiger partial charge in [-0.25, -0.2) is 4.79 Å². The summed E-state index contributed by atoms with van der Waals surface area (Å²) in [6.45, 7) is 2.50. The number of aryl methyl sites for hydroxylation is 3. The van der Waals surface area contributed by atoms with Crippen molar-refractivity contribution < 1.29 is 4.79 Å². The van der Waals surface area contributed by atoms with E-state index in [1.54, 1.807) is 41.4 Å². The van der Waals surface area contributed by atoms with Gasteiger partial charge in [0.25, 0.3) is 5.91 Å². The zero-order valence-corrected chi connectivity index (χ0v) is 13.5. The van der Waals surface area contributed by atoms with Crippen molar-refractivity contribution in [1.82, 2.24) is 14.5 Å². The Kier molecular flexibility index (Phi) is 3.78. The molecule has 0 radical (unpaired) electrons. The summed E-state index contributed by atoms with van der Waals surface area (Å²) in [5, 5.41) is 2.91. The molecular formula is C18H19N3O2. The molecule has 0 saturated carbocycles. The van der Waals surface area contributed by atoms with Crippen LogP contribution in [0.2, 0.25) is 0 Å². The molecule has 1 aromatic heterocycles. The Labute approximate surface area is 134 Å². The topological polar surface area (TPSA) is 56.0 Å². The molecule has 1 heterocycles. The second-order valence-electron chi connectivity index (χ2n) is 5.78. The number of rotatable bonds is 3. The highest BCUT2D eigenvalue weighted by molar-refractivity contribution is 5.97. The molecule has 0 spiro atoms. The summed E-state index contributed by atoms with van der Waals surface area (Å²) in [6.07, 6.45) is 0. The maximum absolute atomic E-state index is 12.3. The number of fused-ring (bicyclic) bond motifs is 1. The van der Waals surface area contributed by atoms with Crippen LogP contribution < -0.4 is 11.0 Å². The molecule has 118 valence electrons. The number of benzene rings is 2. The smallest absolute Gasteiger partial charge is 0.328 e. The summed E-state index contributed by atoms with van der Waals surface area (Å²) in [5.74, 6) is -0.148. The van der Waals surface area contributed by atoms with Crippen LogP contribution in [0.1, 0.15) is 21.5 Å². The first-order valence-electron chi connectivity index (χ1n) is 7.46. The van der Waals surface area contributed by atoms with E-state index in [0.717, 1.165) is 22.2 Å². The number of hydrogen-bond acceptors (Lipinski definition) is 2. The first kappa shape index (κ1) is 15.1. The van der Waals surface area contributed by atoms with Crippen LogP contribution in [-0.2, 0) is 20.6 Å². The molecule has 0 aliphatic carbocycles. The average Bonchev–Trinajstić information content (AvgIpc) is 2.77. The third-order valence-electron chi connectivity index (χ3n) is 4.07. The standard InChI is InChI=1S/C18H19N3O2/c1-12-5-4-6-13(9-12)11-19-17(22)14-7-8-15-16(10-14)21(3)18(23)20(15)2/h4-10H,11H2,1-3H3,(H,19,22). The van der Waals surface area contributed by atoms with Crippen LogP contribution in [0.25, 0.3) is 11.0 Å². The van der Waals surface area contributed by atoms with E-state index >= 15 is 0 Å². The molecule has 0 bridgehead atoms. The Morgan fingerprint density at radius 3 is 2.52 bits per heavy atom. The van der Waals surface area contributed by atoms with Crippen molar-refractivity contribution in [3.63, 3.8) is 0 Å². The van der Waals surface area contributed by atoms with E-state index in [1.807, 2.05) is 31.2 Å². The molecule has 0 saturated heterocycles. The molecule has 3 rings (SSSR count). The number of nitrogens with zero attached hydrogens (tertiary/aromatic N) is 2. The summed E-state index contributed by atoms with van der Waals surface area (Å²) in [4.78, 5) is 24.3. The van der Waals surface area contributed by atoms with Crippen molar-refractivity contribution in [2.45, 2.75) is 13.5 Å². The van der Waals surface area contributed by atoms with Crippen molar-refractivity contribution in [2.75, 3.05) is 0 Å². The predicted molar refractivity (Wildman–Crippen MR) is 90.5 cm³/mol. The van der Waals surface area contributed by atoms with Crippen LogP contribution in [0, 0.1) is 6.92 Å². The predicted octanol–water partition coefficient (Wildman–Crippen LogP) is 2.12. The lowest BCUT2D eigenvalue weighted by Gasteiger charge is -2.07. The molecule has 23 heavy (non-hydrogen) atoms. The highest BCUT2D eigenvalue weighted by Gasteiger charge is 2.11. The zero-order chi connectivity index (χ0) is 16.6. The molecule has 2 aromatic carbocycles. The van der Waals surface area contributed by atoms with Crippen LogP contribution in [-0.4, -0.2) is 15.0 Å². The quantitative estimate of drug-likeness (QED) is 0.805. The molecule has 0 aliphatic heterocycles. The molecule has 0 aliphatic rings. The Hall–Kier alpha value is -2.82. The number of carbonyl (C=O) groups excluding carboxylic acids is 1. The third kappa shape index (κ3) is 2.77. The van der Waals surface area contributed by atoms with Gasteiger partial charge in [0.05, 0.1) is 11.0 Å². The van der Waals surface area contributed by atoms with Gasteiger partial charge in [-0.2, -0.15) is 0 Å². The Morgan fingerprint density at radius 1 is 1.04 bits per heavy atom. The number of imidazole rings is 1. The van der Waals surface area contributed by atoms with E-state index in [9.17, 15) is 9.59 Å². The second kappa shape index (κ2) is 5.76. The number of nitrogens with one attached hydrogen (secondary N) is 1. The van der Waals surface area contributed by atoms with Gasteiger partial charge in [0.1, 0.15) is 0 Å². The number of aromatic nitrogens is 2. The Morgan fingerprint density at radius 2 is 1.78 bits per heavy atom. The first-order valence-corrected chi connectivity index (χ1v) is 7.46. The summed E-state index contributed by atoms with van der Waals surface area (Å²) < 4.78 is 3.12. The first-order chi connectivity index (χ1) is 11.0. The van der Waals surface area contributed by atoms with Gasteiger partial charge >= 0.3 is 5.69 Å². The Bertz CT molecular complexity index is 951. The average molecular weight is 309 g/mol. The van der Waals surface area contributed by atoms with E-state index in [-0.39, 0.29) is 11.6 Å². The molecule has 0 atom stereocenters. The van der Waals surface area contributed by atoms with Crippen molar-refractivity contribution in [3.05, 3.63) is 69.6 Å². The van der Waals surface area contributed by atoms with E-state index in [4.69, 9.17) is 0 Å². The molecule has 3 aromatic rings. The minimum atomic E-state index is -0.148. The van der Waals surface area contributed by atoms with Crippen LogP contribution >= 0.6 is 0 Å². The molecule has 5 heteroatoms. The fourth-order valence-corrected chi connectivity index (χ4v) is 2.75.